The first kappa shape index (κ1) is 21.3. The molecule has 9 heteroatoms. The number of benzene rings is 1. The van der Waals surface area contributed by atoms with E-state index in [0.717, 1.165) is 18.4 Å². The average Bonchev–Trinajstić information content (AvgIpc) is 3.34. The van der Waals surface area contributed by atoms with E-state index in [2.05, 4.69) is 27.8 Å². The maximum absolute atomic E-state index is 11.1. The van der Waals surface area contributed by atoms with Gasteiger partial charge >= 0.3 is 5.97 Å². The lowest BCUT2D eigenvalue weighted by molar-refractivity contribution is -0.143. The first-order chi connectivity index (χ1) is 14.8. The van der Waals surface area contributed by atoms with Gasteiger partial charge in [0.2, 0.25) is 0 Å². The Kier molecular flexibility index (Phi) is 5.95. The monoisotopic (exact) mass is 441 g/mol. The fourth-order valence-corrected chi connectivity index (χ4v) is 4.61. The fraction of sp³-hybridized carbons (Fsp3) is 0.455. The second-order valence-corrected chi connectivity index (χ2v) is 8.61. The first-order valence-electron chi connectivity index (χ1n) is 10.6. The molecule has 4 rings (SSSR count). The lowest BCUT2D eigenvalue weighted by Crippen LogP contribution is -2.44. The van der Waals surface area contributed by atoms with E-state index in [1.165, 1.54) is 17.5 Å². The summed E-state index contributed by atoms with van der Waals surface area (Å²) in [6.07, 6.45) is 4.48. The van der Waals surface area contributed by atoms with Crippen molar-refractivity contribution in [2.45, 2.75) is 39.0 Å². The molecule has 2 aromatic rings. The number of aromatic nitrogens is 2. The molecule has 8 nitrogen and oxygen atoms in total. The molecule has 0 spiro atoms. The van der Waals surface area contributed by atoms with Crippen molar-refractivity contribution in [2.24, 2.45) is 18.1 Å². The largest absolute Gasteiger partial charge is 0.504 e. The van der Waals surface area contributed by atoms with Crippen molar-refractivity contribution in [1.29, 1.82) is 0 Å². The molecular weight excluding hydrogens is 414 g/mol. The van der Waals surface area contributed by atoms with Gasteiger partial charge in [0.05, 0.1) is 11.6 Å². The molecule has 0 radical (unpaired) electrons. The number of hydrogen-bond donors (Lipinski definition) is 3. The van der Waals surface area contributed by atoms with Crippen LogP contribution < -0.4 is 5.43 Å². The number of piperidine rings is 1. The van der Waals surface area contributed by atoms with Crippen molar-refractivity contribution in [3.63, 3.8) is 0 Å². The van der Waals surface area contributed by atoms with Gasteiger partial charge < -0.3 is 15.1 Å². The van der Waals surface area contributed by atoms with Gasteiger partial charge in [-0.3, -0.25) is 14.9 Å². The van der Waals surface area contributed by atoms with Crippen LogP contribution in [-0.2, 0) is 24.7 Å². The van der Waals surface area contributed by atoms with Gasteiger partial charge in [0.15, 0.2) is 16.6 Å². The molecule has 1 aromatic heterocycles. The number of nitrogens with zero attached hydrogens (tertiary/aromatic N) is 4. The zero-order chi connectivity index (χ0) is 22.1. The molecule has 1 aromatic carbocycles. The Balaban J connectivity index is 1.47. The highest BCUT2D eigenvalue weighted by Gasteiger charge is 2.26. The Bertz CT molecular complexity index is 1050. The number of carboxylic acids is 1. The van der Waals surface area contributed by atoms with Gasteiger partial charge in [0.25, 0.3) is 0 Å². The molecule has 1 aliphatic heterocycles. The Morgan fingerprint density at radius 1 is 1.26 bits per heavy atom. The number of carbonyl (C=O) groups is 1. The van der Waals surface area contributed by atoms with Crippen molar-refractivity contribution >= 4 is 29.0 Å². The molecule has 164 valence electrons. The van der Waals surface area contributed by atoms with Crippen LogP contribution in [0.25, 0.3) is 11.3 Å². The van der Waals surface area contributed by atoms with Crippen LogP contribution in [0.3, 0.4) is 0 Å². The Morgan fingerprint density at radius 3 is 2.68 bits per heavy atom. The summed E-state index contributed by atoms with van der Waals surface area (Å²) in [7, 11) is 1.81. The van der Waals surface area contributed by atoms with Gasteiger partial charge in [-0.1, -0.05) is 12.1 Å². The van der Waals surface area contributed by atoms with E-state index in [4.69, 9.17) is 17.3 Å². The number of hydrogen-bond acceptors (Lipinski definition) is 5. The predicted molar refractivity (Wildman–Crippen MR) is 122 cm³/mol. The number of thiocarbonyl (C=S) groups is 1. The van der Waals surface area contributed by atoms with Crippen LogP contribution in [0.4, 0.5) is 0 Å². The van der Waals surface area contributed by atoms with E-state index in [1.807, 2.05) is 18.0 Å². The molecule has 0 atom stereocenters. The average molecular weight is 442 g/mol. The summed E-state index contributed by atoms with van der Waals surface area (Å²) >= 11 is 5.40. The minimum atomic E-state index is -0.753. The molecule has 3 N–H and O–H groups in total. The summed E-state index contributed by atoms with van der Waals surface area (Å²) in [6, 6.07) is 6.31. The zero-order valence-corrected chi connectivity index (χ0v) is 18.6. The summed E-state index contributed by atoms with van der Waals surface area (Å²) in [6.45, 7) is 2.92. The minimum absolute atomic E-state index is 0.0942. The lowest BCUT2D eigenvalue weighted by atomic mass is 9.97. The van der Waals surface area contributed by atoms with E-state index < -0.39 is 5.97 Å². The van der Waals surface area contributed by atoms with E-state index in [9.17, 15) is 9.90 Å². The van der Waals surface area contributed by atoms with Crippen LogP contribution in [-0.4, -0.2) is 54.8 Å². The quantitative estimate of drug-likeness (QED) is 0.381. The van der Waals surface area contributed by atoms with Gasteiger partial charge in [-0.15, -0.1) is 0 Å². The van der Waals surface area contributed by atoms with Gasteiger partial charge in [-0.05, 0) is 68.4 Å². The normalized spacial score (nSPS) is 17.0. The highest BCUT2D eigenvalue weighted by molar-refractivity contribution is 7.80. The number of nitrogens with one attached hydrogen (secondary N) is 1. The number of aliphatic carboxylic acids is 1. The van der Waals surface area contributed by atoms with E-state index in [1.54, 1.807) is 11.6 Å². The Morgan fingerprint density at radius 2 is 1.97 bits per heavy atom. The molecule has 1 aliphatic carbocycles. The van der Waals surface area contributed by atoms with Crippen LogP contribution in [0.5, 0.6) is 5.75 Å². The number of aromatic hydroxyl groups is 1. The molecule has 0 saturated carbocycles. The van der Waals surface area contributed by atoms with E-state index in [0.29, 0.717) is 48.1 Å². The van der Waals surface area contributed by atoms with Crippen molar-refractivity contribution in [3.8, 4) is 17.0 Å². The third-order valence-electron chi connectivity index (χ3n) is 6.19. The zero-order valence-electron chi connectivity index (χ0n) is 17.8. The molecule has 0 amide bonds. The number of likely N-dealkylation sites (tertiary alicyclic amines) is 1. The molecule has 1 saturated heterocycles. The maximum atomic E-state index is 11.1. The van der Waals surface area contributed by atoms with Crippen LogP contribution in [0, 0.1) is 5.92 Å². The highest BCUT2D eigenvalue weighted by Crippen LogP contribution is 2.35. The molecule has 1 fully saturated rings. The van der Waals surface area contributed by atoms with Crippen molar-refractivity contribution in [3.05, 3.63) is 35.0 Å². The SMILES string of the molecule is C/C(=N\NC(=S)N1CCC(C(=O)O)CC1)c1nn(C)c(-c2ccc3c(c2)CCC3)c1O. The first-order valence-corrected chi connectivity index (χ1v) is 11.0. The molecule has 31 heavy (non-hydrogen) atoms. The predicted octanol–water partition coefficient (Wildman–Crippen LogP) is 2.68. The fourth-order valence-electron chi connectivity index (χ4n) is 4.38. The van der Waals surface area contributed by atoms with Crippen molar-refractivity contribution in [1.82, 2.24) is 20.1 Å². The minimum Gasteiger partial charge on any atom is -0.504 e. The summed E-state index contributed by atoms with van der Waals surface area (Å²) in [5.74, 6) is -0.971. The molecule has 2 aliphatic rings. The highest BCUT2D eigenvalue weighted by atomic mass is 32.1. The van der Waals surface area contributed by atoms with Gasteiger partial charge in [0.1, 0.15) is 5.69 Å². The Labute approximate surface area is 186 Å². The van der Waals surface area contributed by atoms with Crippen molar-refractivity contribution < 1.29 is 15.0 Å². The second-order valence-electron chi connectivity index (χ2n) is 8.22. The summed E-state index contributed by atoms with van der Waals surface area (Å²) < 4.78 is 1.68. The van der Waals surface area contributed by atoms with Crippen LogP contribution in [0.2, 0.25) is 0 Å². The second kappa shape index (κ2) is 8.66. The number of carboxylic acid groups (broad SMARTS) is 1. The number of rotatable bonds is 4. The van der Waals surface area contributed by atoms with E-state index in [-0.39, 0.29) is 11.7 Å². The van der Waals surface area contributed by atoms with Crippen LogP contribution >= 0.6 is 12.2 Å². The van der Waals surface area contributed by atoms with Crippen LogP contribution in [0.15, 0.2) is 23.3 Å². The van der Waals surface area contributed by atoms with Gasteiger partial charge in [-0.2, -0.15) is 10.2 Å². The van der Waals surface area contributed by atoms with Gasteiger partial charge in [0, 0.05) is 25.7 Å². The van der Waals surface area contributed by atoms with Crippen LogP contribution in [0.1, 0.15) is 43.0 Å². The standard InChI is InChI=1S/C22H27N5O3S/c1-13(23-24-22(31)27-10-8-15(9-11-27)21(29)30)18-20(28)19(26(2)25-18)17-7-6-14-4-3-5-16(14)12-17/h6-7,12,15,28H,3-5,8-11H2,1-2H3,(H,24,31)(H,29,30)/b23-13+. The summed E-state index contributed by atoms with van der Waals surface area (Å²) in [4.78, 5) is 13.0. The third-order valence-corrected chi connectivity index (χ3v) is 6.54. The summed E-state index contributed by atoms with van der Waals surface area (Å²) in [5.41, 5.74) is 8.11. The molecular formula is C22H27N5O3S. The van der Waals surface area contributed by atoms with Gasteiger partial charge in [-0.25, -0.2) is 0 Å². The topological polar surface area (TPSA) is 103 Å². The molecule has 2 heterocycles. The number of hydrazone groups is 1. The molecule has 0 bridgehead atoms. The number of fused-ring (bicyclic) bond motifs is 1. The van der Waals surface area contributed by atoms with E-state index >= 15 is 0 Å². The smallest absolute Gasteiger partial charge is 0.306 e. The maximum Gasteiger partial charge on any atom is 0.306 e. The Hall–Kier alpha value is -2.94. The van der Waals surface area contributed by atoms with Crippen molar-refractivity contribution in [2.75, 3.05) is 13.1 Å². The third kappa shape index (κ3) is 4.27. The molecule has 0 unspecified atom stereocenters. The summed E-state index contributed by atoms with van der Waals surface area (Å²) in [5, 5.41) is 29.2. The number of aryl methyl sites for hydroxylation is 3. The lowest BCUT2D eigenvalue weighted by Gasteiger charge is -2.31.